The van der Waals surface area contributed by atoms with Crippen LogP contribution in [-0.4, -0.2) is 45.1 Å². The van der Waals surface area contributed by atoms with Gasteiger partial charge in [-0.3, -0.25) is 4.79 Å². The molecule has 0 spiro atoms. The second-order valence-electron chi connectivity index (χ2n) is 4.58. The van der Waals surface area contributed by atoms with Crippen LogP contribution in [0.4, 0.5) is 0 Å². The van der Waals surface area contributed by atoms with Gasteiger partial charge in [0, 0.05) is 5.75 Å². The van der Waals surface area contributed by atoms with Gasteiger partial charge in [-0.05, 0) is 12.3 Å². The molecule has 1 rings (SSSR count). The smallest absolute Gasteiger partial charge is 0.327 e. The predicted molar refractivity (Wildman–Crippen MR) is 67.6 cm³/mol. The first-order chi connectivity index (χ1) is 7.90. The summed E-state index contributed by atoms with van der Waals surface area (Å²) in [4.78, 5) is 24.7. The summed E-state index contributed by atoms with van der Waals surface area (Å²) in [5, 5.41) is 9.06. The van der Waals surface area contributed by atoms with Crippen molar-refractivity contribution in [1.29, 1.82) is 0 Å². The molecule has 1 amide bonds. The highest BCUT2D eigenvalue weighted by atomic mass is 32.2. The molecule has 0 radical (unpaired) electrons. The van der Waals surface area contributed by atoms with E-state index in [0.717, 1.165) is 0 Å². The predicted octanol–water partition coefficient (Wildman–Crippen LogP) is 0.734. The van der Waals surface area contributed by atoms with Crippen LogP contribution in [-0.2, 0) is 9.59 Å². The second-order valence-corrected chi connectivity index (χ2v) is 5.73. The lowest BCUT2D eigenvalue weighted by Gasteiger charge is -2.31. The Hall–Kier alpha value is -0.750. The molecule has 0 aliphatic carbocycles. The molecule has 2 unspecified atom stereocenters. The van der Waals surface area contributed by atoms with E-state index in [0.29, 0.717) is 12.2 Å². The topological polar surface area (TPSA) is 83.6 Å². The van der Waals surface area contributed by atoms with Gasteiger partial charge in [0.15, 0.2) is 0 Å². The average molecular weight is 260 g/mol. The number of amides is 1. The molecule has 17 heavy (non-hydrogen) atoms. The minimum absolute atomic E-state index is 0.0822. The van der Waals surface area contributed by atoms with Crippen molar-refractivity contribution in [3.63, 3.8) is 0 Å². The summed E-state index contributed by atoms with van der Waals surface area (Å²) in [6, 6.07) is -1.34. The summed E-state index contributed by atoms with van der Waals surface area (Å²) < 4.78 is 0. The molecule has 0 aromatic carbocycles. The molecule has 1 aliphatic rings. The molecular formula is C11H20N2O3S. The molecule has 0 bridgehead atoms. The second kappa shape index (κ2) is 5.73. The zero-order chi connectivity index (χ0) is 13.2. The van der Waals surface area contributed by atoms with Crippen LogP contribution >= 0.6 is 11.8 Å². The fraction of sp³-hybridized carbons (Fsp3) is 0.818. The molecular weight excluding hydrogens is 240 g/mol. The van der Waals surface area contributed by atoms with Crippen LogP contribution in [0.2, 0.25) is 0 Å². The number of carboxylic acids is 1. The van der Waals surface area contributed by atoms with Crippen molar-refractivity contribution in [1.82, 2.24) is 4.90 Å². The molecule has 0 aromatic rings. The maximum Gasteiger partial charge on any atom is 0.327 e. The van der Waals surface area contributed by atoms with E-state index in [4.69, 9.17) is 10.8 Å². The largest absolute Gasteiger partial charge is 0.480 e. The van der Waals surface area contributed by atoms with Gasteiger partial charge in [0.05, 0.1) is 11.4 Å². The number of carbonyl (C=O) groups is 2. The Kier molecular flexibility index (Phi) is 4.82. The number of rotatable bonds is 4. The van der Waals surface area contributed by atoms with Gasteiger partial charge < -0.3 is 15.7 Å². The standard InChI is InChI=1S/C11H20N2O3S/c1-4-7(12)9(14)13-8(11(15)16)5-17-10(13)6(2)3/h6-8,10H,4-5,12H2,1-3H3,(H,15,16)/t7-,8?,10?/m0/s1. The van der Waals surface area contributed by atoms with Crippen molar-refractivity contribution >= 4 is 23.6 Å². The minimum Gasteiger partial charge on any atom is -0.480 e. The number of hydrogen-bond acceptors (Lipinski definition) is 4. The first-order valence-corrected chi connectivity index (χ1v) is 6.87. The first-order valence-electron chi connectivity index (χ1n) is 5.82. The summed E-state index contributed by atoms with van der Waals surface area (Å²) in [5.41, 5.74) is 5.73. The summed E-state index contributed by atoms with van der Waals surface area (Å²) in [6.07, 6.45) is 0.525. The van der Waals surface area contributed by atoms with Crippen LogP contribution in [0.15, 0.2) is 0 Å². The highest BCUT2D eigenvalue weighted by Crippen LogP contribution is 2.34. The van der Waals surface area contributed by atoms with E-state index in [-0.39, 0.29) is 17.2 Å². The number of nitrogens with two attached hydrogens (primary N) is 1. The van der Waals surface area contributed by atoms with Crippen molar-refractivity contribution in [3.8, 4) is 0 Å². The van der Waals surface area contributed by atoms with Crippen LogP contribution in [0, 0.1) is 5.92 Å². The van der Waals surface area contributed by atoms with Gasteiger partial charge in [-0.25, -0.2) is 4.79 Å². The summed E-state index contributed by atoms with van der Waals surface area (Å²) in [6.45, 7) is 5.80. The molecule has 3 atom stereocenters. The minimum atomic E-state index is -0.947. The molecule has 1 heterocycles. The Bertz CT molecular complexity index is 309. The Morgan fingerprint density at radius 1 is 1.53 bits per heavy atom. The lowest BCUT2D eigenvalue weighted by Crippen LogP contribution is -2.52. The highest BCUT2D eigenvalue weighted by Gasteiger charge is 2.43. The Morgan fingerprint density at radius 2 is 2.12 bits per heavy atom. The lowest BCUT2D eigenvalue weighted by molar-refractivity contribution is -0.150. The van der Waals surface area contributed by atoms with Gasteiger partial charge in [-0.1, -0.05) is 20.8 Å². The van der Waals surface area contributed by atoms with Crippen molar-refractivity contribution in [2.45, 2.75) is 44.6 Å². The first kappa shape index (κ1) is 14.3. The quantitative estimate of drug-likeness (QED) is 0.778. The molecule has 0 aromatic heterocycles. The highest BCUT2D eigenvalue weighted by molar-refractivity contribution is 8.00. The number of aliphatic carboxylic acids is 1. The molecule has 98 valence electrons. The van der Waals surface area contributed by atoms with Crippen LogP contribution in [0.25, 0.3) is 0 Å². The van der Waals surface area contributed by atoms with Crippen molar-refractivity contribution in [2.24, 2.45) is 11.7 Å². The van der Waals surface area contributed by atoms with Gasteiger partial charge >= 0.3 is 5.97 Å². The van der Waals surface area contributed by atoms with Gasteiger partial charge in [-0.2, -0.15) is 0 Å². The van der Waals surface area contributed by atoms with Gasteiger partial charge in [-0.15, -0.1) is 11.8 Å². The maximum atomic E-state index is 12.1. The Labute approximate surface area is 106 Å². The summed E-state index contributed by atoms with van der Waals surface area (Å²) >= 11 is 1.52. The number of hydrogen-bond donors (Lipinski definition) is 2. The summed E-state index contributed by atoms with van der Waals surface area (Å²) in [7, 11) is 0. The van der Waals surface area contributed by atoms with Crippen LogP contribution in [0.3, 0.4) is 0 Å². The Morgan fingerprint density at radius 3 is 2.53 bits per heavy atom. The Balaban J connectivity index is 2.93. The molecule has 1 saturated heterocycles. The van der Waals surface area contributed by atoms with Crippen LogP contribution in [0.1, 0.15) is 27.2 Å². The number of thioether (sulfide) groups is 1. The third-order valence-electron chi connectivity index (χ3n) is 2.90. The van der Waals surface area contributed by atoms with E-state index >= 15 is 0 Å². The third kappa shape index (κ3) is 2.93. The number of carbonyl (C=O) groups excluding carboxylic acids is 1. The van der Waals surface area contributed by atoms with Crippen LogP contribution in [0.5, 0.6) is 0 Å². The average Bonchev–Trinajstić information content (AvgIpc) is 2.71. The molecule has 5 nitrogen and oxygen atoms in total. The lowest BCUT2D eigenvalue weighted by atomic mass is 10.1. The van der Waals surface area contributed by atoms with E-state index in [2.05, 4.69) is 0 Å². The third-order valence-corrected chi connectivity index (χ3v) is 4.52. The van der Waals surface area contributed by atoms with Crippen LogP contribution < -0.4 is 5.73 Å². The SMILES string of the molecule is CC[C@H](N)C(=O)N1C(C(=O)O)CSC1C(C)C. The summed E-state index contributed by atoms with van der Waals surface area (Å²) in [5.74, 6) is -0.529. The van der Waals surface area contributed by atoms with E-state index in [1.807, 2.05) is 20.8 Å². The van der Waals surface area contributed by atoms with Crippen molar-refractivity contribution in [2.75, 3.05) is 5.75 Å². The molecule has 0 saturated carbocycles. The van der Waals surface area contributed by atoms with Gasteiger partial charge in [0.1, 0.15) is 6.04 Å². The maximum absolute atomic E-state index is 12.1. The van der Waals surface area contributed by atoms with Gasteiger partial charge in [0.25, 0.3) is 0 Å². The molecule has 1 fully saturated rings. The molecule has 1 aliphatic heterocycles. The zero-order valence-corrected chi connectivity index (χ0v) is 11.2. The number of nitrogens with zero attached hydrogens (tertiary/aromatic N) is 1. The number of carboxylic acid groups (broad SMARTS) is 1. The van der Waals surface area contributed by atoms with Crippen molar-refractivity contribution in [3.05, 3.63) is 0 Å². The zero-order valence-electron chi connectivity index (χ0n) is 10.4. The van der Waals surface area contributed by atoms with E-state index in [1.54, 1.807) is 0 Å². The molecule has 3 N–H and O–H groups in total. The normalized spacial score (nSPS) is 26.3. The van der Waals surface area contributed by atoms with Gasteiger partial charge in [0.2, 0.25) is 5.91 Å². The van der Waals surface area contributed by atoms with Crippen molar-refractivity contribution < 1.29 is 14.7 Å². The van der Waals surface area contributed by atoms with E-state index in [1.165, 1.54) is 16.7 Å². The van der Waals surface area contributed by atoms with E-state index < -0.39 is 18.1 Å². The molecule has 6 heteroatoms. The fourth-order valence-electron chi connectivity index (χ4n) is 1.88. The van der Waals surface area contributed by atoms with E-state index in [9.17, 15) is 9.59 Å². The monoisotopic (exact) mass is 260 g/mol. The fourth-order valence-corrected chi connectivity index (χ4v) is 3.36.